The summed E-state index contributed by atoms with van der Waals surface area (Å²) < 4.78 is 0. The molecule has 1 fully saturated rings. The number of halogens is 1. The number of hydrogen-bond donors (Lipinski definition) is 3. The summed E-state index contributed by atoms with van der Waals surface area (Å²) in [5.74, 6) is 0.830. The third-order valence-electron chi connectivity index (χ3n) is 5.53. The van der Waals surface area contributed by atoms with Crippen LogP contribution < -0.4 is 21.2 Å². The van der Waals surface area contributed by atoms with Gasteiger partial charge >= 0.3 is 0 Å². The second-order valence-electron chi connectivity index (χ2n) is 7.36. The number of anilines is 1. The lowest BCUT2D eigenvalue weighted by Gasteiger charge is -2.33. The number of rotatable bonds is 3. The standard InChI is InChI=1S/C20H19ClN6O3/c21-15-6-3-7-16(22-15)25-10-8-12(9-11-25)23-26-17-18(27(30)24-26)20(29)14-5-2-1-4-13(14)19(17)28/h1-7,12,23-24,30H,8-11H2. The van der Waals surface area contributed by atoms with Gasteiger partial charge in [-0.25, -0.2) is 4.98 Å². The van der Waals surface area contributed by atoms with Gasteiger partial charge in [-0.15, -0.1) is 4.85 Å². The Labute approximate surface area is 174 Å². The van der Waals surface area contributed by atoms with E-state index in [1.807, 2.05) is 12.1 Å². The van der Waals surface area contributed by atoms with Gasteiger partial charge in [-0.1, -0.05) is 41.9 Å². The summed E-state index contributed by atoms with van der Waals surface area (Å²) in [6.45, 7) is 1.51. The van der Waals surface area contributed by atoms with Crippen LogP contribution in [-0.2, 0) is 0 Å². The molecule has 1 saturated heterocycles. The van der Waals surface area contributed by atoms with Gasteiger partial charge in [0.15, 0.2) is 10.7 Å². The van der Waals surface area contributed by atoms with E-state index >= 15 is 0 Å². The fourth-order valence-corrected chi connectivity index (χ4v) is 4.19. The summed E-state index contributed by atoms with van der Waals surface area (Å²) in [7, 11) is 0. The lowest BCUT2D eigenvalue weighted by Crippen LogP contribution is -2.42. The van der Waals surface area contributed by atoms with Gasteiger partial charge < -0.3 is 15.5 Å². The van der Waals surface area contributed by atoms with Crippen LogP contribution in [0.2, 0.25) is 5.15 Å². The molecular formula is C20H19ClN6O3. The van der Waals surface area contributed by atoms with Crippen molar-refractivity contribution in [2.24, 2.45) is 0 Å². The highest BCUT2D eigenvalue weighted by Crippen LogP contribution is 2.20. The Morgan fingerprint density at radius 3 is 2.33 bits per heavy atom. The Balaban J connectivity index is 1.46. The maximum absolute atomic E-state index is 13.0. The third-order valence-corrected chi connectivity index (χ3v) is 5.74. The number of nitrogens with zero attached hydrogens (tertiary/aromatic N) is 4. The Hall–Kier alpha value is -3.46. The van der Waals surface area contributed by atoms with Gasteiger partial charge in [0.25, 0.3) is 0 Å². The van der Waals surface area contributed by atoms with Crippen LogP contribution in [0.15, 0.2) is 52.1 Å². The van der Waals surface area contributed by atoms with Crippen LogP contribution in [-0.4, -0.2) is 44.2 Å². The summed E-state index contributed by atoms with van der Waals surface area (Å²) in [5, 5.41) is 14.0. The summed E-state index contributed by atoms with van der Waals surface area (Å²) in [6, 6.07) is 12.2. The number of fused-ring (bicyclic) bond motifs is 1. The van der Waals surface area contributed by atoms with Crippen molar-refractivity contribution in [1.29, 1.82) is 0 Å². The van der Waals surface area contributed by atoms with E-state index in [4.69, 9.17) is 11.6 Å². The van der Waals surface area contributed by atoms with E-state index in [0.29, 0.717) is 15.4 Å². The summed E-state index contributed by atoms with van der Waals surface area (Å²) in [6.07, 6.45) is 1.55. The molecule has 2 aromatic rings. The van der Waals surface area contributed by atoms with E-state index < -0.39 is 5.43 Å². The molecular weight excluding hydrogens is 408 g/mol. The first-order valence-electron chi connectivity index (χ1n) is 9.65. The fourth-order valence-electron chi connectivity index (χ4n) is 4.04. The minimum Gasteiger partial charge on any atom is -0.411 e. The van der Waals surface area contributed by atoms with Crippen LogP contribution >= 0.6 is 11.6 Å². The number of aromatic amines is 1. The van der Waals surface area contributed by atoms with Crippen molar-refractivity contribution in [2.45, 2.75) is 18.9 Å². The highest BCUT2D eigenvalue weighted by atomic mass is 35.5. The van der Waals surface area contributed by atoms with Crippen LogP contribution in [0.4, 0.5) is 5.82 Å². The van der Waals surface area contributed by atoms with Gasteiger partial charge in [0.1, 0.15) is 11.0 Å². The molecule has 1 aromatic heterocycles. The molecule has 9 nitrogen and oxygen atoms in total. The van der Waals surface area contributed by atoms with Gasteiger partial charge in [0, 0.05) is 29.9 Å². The SMILES string of the molecule is O=c1c2n(O)[nH]n(NC3CCN(c4cccc(Cl)n4)CC3)c=2c(=O)c2ccccc12. The van der Waals surface area contributed by atoms with Crippen molar-refractivity contribution >= 4 is 28.2 Å². The lowest BCUT2D eigenvalue weighted by molar-refractivity contribution is 0.130. The van der Waals surface area contributed by atoms with Gasteiger partial charge in [0.2, 0.25) is 10.9 Å². The molecule has 30 heavy (non-hydrogen) atoms. The van der Waals surface area contributed by atoms with E-state index in [0.717, 1.165) is 31.7 Å². The molecule has 0 atom stereocenters. The van der Waals surface area contributed by atoms with Crippen molar-refractivity contribution in [3.8, 4) is 0 Å². The number of nitrogens with one attached hydrogen (secondary N) is 2. The van der Waals surface area contributed by atoms with Crippen molar-refractivity contribution in [1.82, 2.24) is 19.8 Å². The van der Waals surface area contributed by atoms with E-state index in [1.165, 1.54) is 4.79 Å². The van der Waals surface area contributed by atoms with Crippen LogP contribution in [0.1, 0.15) is 12.8 Å². The number of benzene rings is 1. The topological polar surface area (TPSA) is 108 Å². The average molecular weight is 427 g/mol. The highest BCUT2D eigenvalue weighted by Gasteiger charge is 2.22. The van der Waals surface area contributed by atoms with E-state index in [9.17, 15) is 14.8 Å². The maximum Gasteiger partial charge on any atom is 0.217 e. The zero-order valence-corrected chi connectivity index (χ0v) is 16.6. The molecule has 154 valence electrons. The molecule has 10 heteroatoms. The number of piperidine rings is 1. The lowest BCUT2D eigenvalue weighted by atomic mass is 10.1. The van der Waals surface area contributed by atoms with Gasteiger partial charge in [-0.2, -0.15) is 10.0 Å². The molecule has 0 bridgehead atoms. The van der Waals surface area contributed by atoms with Crippen LogP contribution in [0.25, 0.3) is 10.8 Å². The summed E-state index contributed by atoms with van der Waals surface area (Å²) in [4.78, 5) is 34.2. The van der Waals surface area contributed by atoms with Gasteiger partial charge in [-0.05, 0) is 25.0 Å². The molecule has 0 radical (unpaired) electrons. The molecule has 2 aliphatic heterocycles. The smallest absolute Gasteiger partial charge is 0.217 e. The minimum atomic E-state index is -0.402. The quantitative estimate of drug-likeness (QED) is 0.340. The Morgan fingerprint density at radius 2 is 1.67 bits per heavy atom. The second kappa shape index (κ2) is 7.10. The third kappa shape index (κ3) is 2.98. The minimum absolute atomic E-state index is 0.0354. The molecule has 0 amide bonds. The van der Waals surface area contributed by atoms with Crippen LogP contribution in [0.3, 0.4) is 0 Å². The molecule has 0 spiro atoms. The Kier molecular flexibility index (Phi) is 4.39. The van der Waals surface area contributed by atoms with Gasteiger partial charge in [-0.3, -0.25) is 9.59 Å². The number of aromatic nitrogens is 4. The largest absolute Gasteiger partial charge is 0.411 e. The first-order valence-corrected chi connectivity index (χ1v) is 10.0. The predicted octanol–water partition coefficient (Wildman–Crippen LogP) is 1.71. The maximum atomic E-state index is 13.0. The van der Waals surface area contributed by atoms with E-state index in [2.05, 4.69) is 20.5 Å². The molecule has 5 rings (SSSR count). The highest BCUT2D eigenvalue weighted by molar-refractivity contribution is 6.29. The Morgan fingerprint density at radius 1 is 1.00 bits per heavy atom. The van der Waals surface area contributed by atoms with E-state index in [1.54, 1.807) is 30.3 Å². The zero-order valence-electron chi connectivity index (χ0n) is 15.9. The summed E-state index contributed by atoms with van der Waals surface area (Å²) >= 11 is 5.99. The summed E-state index contributed by atoms with van der Waals surface area (Å²) in [5.41, 5.74) is 2.51. The predicted molar refractivity (Wildman–Crippen MR) is 113 cm³/mol. The molecule has 3 heterocycles. The molecule has 0 saturated carbocycles. The first kappa shape index (κ1) is 18.6. The monoisotopic (exact) mass is 426 g/mol. The van der Waals surface area contributed by atoms with Crippen molar-refractivity contribution in [3.63, 3.8) is 0 Å². The first-order chi connectivity index (χ1) is 14.5. The Bertz CT molecular complexity index is 1420. The molecule has 3 N–H and O–H groups in total. The number of pyridine rings is 1. The number of H-pyrrole nitrogens is 1. The van der Waals surface area contributed by atoms with Gasteiger partial charge in [0.05, 0.1) is 0 Å². The van der Waals surface area contributed by atoms with Crippen molar-refractivity contribution in [3.05, 3.63) is 78.8 Å². The van der Waals surface area contributed by atoms with Crippen molar-refractivity contribution in [2.75, 3.05) is 23.4 Å². The number of hydrogen-bond acceptors (Lipinski definition) is 6. The molecule has 0 unspecified atom stereocenters. The van der Waals surface area contributed by atoms with Crippen LogP contribution in [0, 0.1) is 10.7 Å². The fraction of sp³-hybridized carbons (Fsp3) is 0.250. The molecule has 1 aromatic carbocycles. The zero-order chi connectivity index (χ0) is 20.8. The van der Waals surface area contributed by atoms with Crippen molar-refractivity contribution < 1.29 is 5.21 Å². The normalized spacial score (nSPS) is 15.2. The van der Waals surface area contributed by atoms with Crippen LogP contribution in [0.5, 0.6) is 0 Å². The average Bonchev–Trinajstić information content (AvgIpc) is 3.08. The second-order valence-corrected chi connectivity index (χ2v) is 7.74. The molecule has 3 aliphatic rings. The molecule has 1 aliphatic carbocycles. The van der Waals surface area contributed by atoms with E-state index in [-0.39, 0.29) is 27.6 Å².